The maximum Gasteiger partial charge on any atom is 0.134 e. The van der Waals surface area contributed by atoms with Crippen molar-refractivity contribution in [3.05, 3.63) is 27.5 Å². The topological polar surface area (TPSA) is 12.9 Å². The molecule has 1 aromatic rings. The normalized spacial score (nSPS) is 28.7. The number of rotatable bonds is 0. The van der Waals surface area contributed by atoms with Gasteiger partial charge < -0.3 is 0 Å². The summed E-state index contributed by atoms with van der Waals surface area (Å²) in [4.78, 5) is 4.13. The van der Waals surface area contributed by atoms with Crippen LogP contribution < -0.4 is 0 Å². The lowest BCUT2D eigenvalue weighted by Crippen LogP contribution is -2.16. The summed E-state index contributed by atoms with van der Waals surface area (Å²) in [5, 5.41) is 1.18. The van der Waals surface area contributed by atoms with Crippen molar-refractivity contribution < 1.29 is 0 Å². The van der Waals surface area contributed by atoms with Gasteiger partial charge in [-0.3, -0.25) is 0 Å². The highest BCUT2D eigenvalue weighted by Crippen LogP contribution is 2.48. The van der Waals surface area contributed by atoms with Gasteiger partial charge in [0.1, 0.15) is 10.3 Å². The lowest BCUT2D eigenvalue weighted by Gasteiger charge is -2.28. The summed E-state index contributed by atoms with van der Waals surface area (Å²) in [6.45, 7) is 0. The van der Waals surface area contributed by atoms with E-state index >= 15 is 0 Å². The zero-order valence-corrected chi connectivity index (χ0v) is 9.98. The number of nitrogens with zero attached hydrogens (tertiary/aromatic N) is 1. The first-order valence-electron chi connectivity index (χ1n) is 5.60. The fraction of sp³-hybridized carbons (Fsp3) is 0.583. The molecule has 0 amide bonds. The number of aromatic nitrogens is 1. The predicted molar refractivity (Wildman–Crippen MR) is 62.7 cm³/mol. The summed E-state index contributed by atoms with van der Waals surface area (Å²) < 4.78 is 0. The zero-order chi connectivity index (χ0) is 10.4. The molecular formula is C12H13Cl2N. The Hall–Kier alpha value is -0.270. The van der Waals surface area contributed by atoms with Crippen LogP contribution in [0.4, 0.5) is 0 Å². The second-order valence-corrected chi connectivity index (χ2v) is 5.38. The van der Waals surface area contributed by atoms with E-state index in [1.54, 1.807) is 0 Å². The summed E-state index contributed by atoms with van der Waals surface area (Å²) >= 11 is 12.1. The lowest BCUT2D eigenvalue weighted by molar-refractivity contribution is 0.422. The van der Waals surface area contributed by atoms with Crippen LogP contribution in [0.3, 0.4) is 0 Å². The van der Waals surface area contributed by atoms with Crippen molar-refractivity contribution >= 4 is 23.2 Å². The van der Waals surface area contributed by atoms with Gasteiger partial charge in [0.2, 0.25) is 0 Å². The number of pyridine rings is 1. The summed E-state index contributed by atoms with van der Waals surface area (Å²) in [6.07, 6.45) is 6.39. The molecule has 0 saturated heterocycles. The SMILES string of the molecule is Clc1cc2c(c(Cl)n1)CC[C@@H]1CCC[C@H]21. The first-order valence-corrected chi connectivity index (χ1v) is 6.36. The molecule has 0 aromatic carbocycles. The minimum Gasteiger partial charge on any atom is -0.224 e. The summed E-state index contributed by atoms with van der Waals surface area (Å²) in [7, 11) is 0. The molecule has 0 N–H and O–H groups in total. The molecule has 0 unspecified atom stereocenters. The van der Waals surface area contributed by atoms with Crippen molar-refractivity contribution in [2.45, 2.75) is 38.0 Å². The second kappa shape index (κ2) is 3.64. The van der Waals surface area contributed by atoms with Crippen molar-refractivity contribution in [1.29, 1.82) is 0 Å². The van der Waals surface area contributed by atoms with Crippen LogP contribution in [-0.4, -0.2) is 4.98 Å². The van der Waals surface area contributed by atoms with Gasteiger partial charge in [0.05, 0.1) is 0 Å². The van der Waals surface area contributed by atoms with Crippen LogP contribution in [0.1, 0.15) is 42.7 Å². The van der Waals surface area contributed by atoms with Gasteiger partial charge >= 0.3 is 0 Å². The Labute approximate surface area is 99.8 Å². The Morgan fingerprint density at radius 2 is 2.07 bits per heavy atom. The maximum absolute atomic E-state index is 6.14. The van der Waals surface area contributed by atoms with Crippen LogP contribution in [0, 0.1) is 5.92 Å². The van der Waals surface area contributed by atoms with Gasteiger partial charge in [-0.15, -0.1) is 0 Å². The monoisotopic (exact) mass is 241 g/mol. The van der Waals surface area contributed by atoms with E-state index in [0.29, 0.717) is 16.2 Å². The van der Waals surface area contributed by atoms with Crippen LogP contribution in [0.15, 0.2) is 6.07 Å². The standard InChI is InChI=1S/C12H13Cl2N/c13-11-6-10-8-3-1-2-7(8)4-5-9(10)12(14)15-11/h6-8H,1-5H2/t7-,8-/m0/s1. The minimum atomic E-state index is 0.548. The van der Waals surface area contributed by atoms with E-state index in [1.165, 1.54) is 36.8 Å². The molecule has 1 fully saturated rings. The predicted octanol–water partition coefficient (Wildman–Crippen LogP) is 4.22. The third-order valence-electron chi connectivity index (χ3n) is 3.90. The van der Waals surface area contributed by atoms with Crippen molar-refractivity contribution in [2.24, 2.45) is 5.92 Å². The molecule has 15 heavy (non-hydrogen) atoms. The van der Waals surface area contributed by atoms with Gasteiger partial charge in [-0.05, 0) is 54.7 Å². The Balaban J connectivity index is 2.12. The molecule has 2 aliphatic carbocycles. The Morgan fingerprint density at radius 3 is 2.93 bits per heavy atom. The van der Waals surface area contributed by atoms with E-state index in [1.807, 2.05) is 6.07 Å². The minimum absolute atomic E-state index is 0.548. The molecule has 0 aliphatic heterocycles. The van der Waals surface area contributed by atoms with Crippen molar-refractivity contribution in [3.63, 3.8) is 0 Å². The fourth-order valence-corrected chi connectivity index (χ4v) is 3.77. The van der Waals surface area contributed by atoms with Crippen molar-refractivity contribution in [3.8, 4) is 0 Å². The third-order valence-corrected chi connectivity index (χ3v) is 4.41. The van der Waals surface area contributed by atoms with E-state index in [0.717, 1.165) is 12.3 Å². The van der Waals surface area contributed by atoms with Gasteiger partial charge in [0, 0.05) is 0 Å². The number of fused-ring (bicyclic) bond motifs is 3. The average Bonchev–Trinajstić information content (AvgIpc) is 2.65. The van der Waals surface area contributed by atoms with Crippen LogP contribution in [0.2, 0.25) is 10.3 Å². The third kappa shape index (κ3) is 1.57. The molecule has 1 nitrogen and oxygen atoms in total. The summed E-state index contributed by atoms with van der Waals surface area (Å²) in [5.74, 6) is 1.57. The molecule has 3 heteroatoms. The van der Waals surface area contributed by atoms with Gasteiger partial charge in [-0.25, -0.2) is 4.98 Å². The molecule has 0 spiro atoms. The molecule has 0 radical (unpaired) electrons. The Kier molecular flexibility index (Phi) is 2.41. The van der Waals surface area contributed by atoms with Crippen molar-refractivity contribution in [1.82, 2.24) is 4.98 Å². The second-order valence-electron chi connectivity index (χ2n) is 4.64. The quantitative estimate of drug-likeness (QED) is 0.621. The molecule has 1 heterocycles. The molecule has 1 saturated carbocycles. The highest BCUT2D eigenvalue weighted by atomic mass is 35.5. The van der Waals surface area contributed by atoms with Gasteiger partial charge in [-0.1, -0.05) is 29.6 Å². The smallest absolute Gasteiger partial charge is 0.134 e. The van der Waals surface area contributed by atoms with E-state index in [-0.39, 0.29) is 0 Å². The summed E-state index contributed by atoms with van der Waals surface area (Å²) in [6, 6.07) is 2.03. The molecule has 2 aliphatic rings. The molecule has 2 atom stereocenters. The molecular weight excluding hydrogens is 229 g/mol. The molecule has 80 valence electrons. The van der Waals surface area contributed by atoms with E-state index < -0.39 is 0 Å². The van der Waals surface area contributed by atoms with Crippen LogP contribution >= 0.6 is 23.2 Å². The highest BCUT2D eigenvalue weighted by Gasteiger charge is 2.34. The van der Waals surface area contributed by atoms with E-state index in [4.69, 9.17) is 23.2 Å². The number of halogens is 2. The van der Waals surface area contributed by atoms with Crippen LogP contribution in [-0.2, 0) is 6.42 Å². The first kappa shape index (κ1) is 9.92. The average molecular weight is 242 g/mol. The summed E-state index contributed by atoms with van der Waals surface area (Å²) in [5.41, 5.74) is 2.64. The largest absolute Gasteiger partial charge is 0.224 e. The highest BCUT2D eigenvalue weighted by molar-refractivity contribution is 6.33. The molecule has 3 rings (SSSR count). The first-order chi connectivity index (χ1) is 7.25. The van der Waals surface area contributed by atoms with E-state index in [9.17, 15) is 0 Å². The van der Waals surface area contributed by atoms with Gasteiger partial charge in [0.25, 0.3) is 0 Å². The maximum atomic E-state index is 6.14. The Bertz CT molecular complexity index is 403. The zero-order valence-electron chi connectivity index (χ0n) is 8.47. The van der Waals surface area contributed by atoms with Crippen LogP contribution in [0.25, 0.3) is 0 Å². The molecule has 0 bridgehead atoms. The lowest BCUT2D eigenvalue weighted by atomic mass is 9.78. The van der Waals surface area contributed by atoms with Gasteiger partial charge in [0.15, 0.2) is 0 Å². The Morgan fingerprint density at radius 1 is 1.20 bits per heavy atom. The van der Waals surface area contributed by atoms with Crippen LogP contribution in [0.5, 0.6) is 0 Å². The van der Waals surface area contributed by atoms with Crippen molar-refractivity contribution in [2.75, 3.05) is 0 Å². The fourth-order valence-electron chi connectivity index (χ4n) is 3.23. The molecule has 1 aromatic heterocycles. The number of hydrogen-bond donors (Lipinski definition) is 0. The number of hydrogen-bond acceptors (Lipinski definition) is 1. The van der Waals surface area contributed by atoms with Gasteiger partial charge in [-0.2, -0.15) is 0 Å². The van der Waals surface area contributed by atoms with E-state index in [2.05, 4.69) is 4.98 Å².